The van der Waals surface area contributed by atoms with Crippen molar-refractivity contribution in [1.29, 1.82) is 0 Å². The predicted molar refractivity (Wildman–Crippen MR) is 86.6 cm³/mol. The van der Waals surface area contributed by atoms with Crippen molar-refractivity contribution in [3.8, 4) is 0 Å². The number of fused-ring (bicyclic) bond motifs is 1. The maximum Gasteiger partial charge on any atom is 0.246 e. The lowest BCUT2D eigenvalue weighted by Gasteiger charge is -2.25. The number of benzene rings is 1. The average Bonchev–Trinajstić information content (AvgIpc) is 2.92. The largest absolute Gasteiger partial charge is 0.334 e. The van der Waals surface area contributed by atoms with E-state index in [9.17, 15) is 4.79 Å². The van der Waals surface area contributed by atoms with Gasteiger partial charge in [-0.05, 0) is 47.2 Å². The third kappa shape index (κ3) is 3.02. The molecule has 0 saturated carbocycles. The summed E-state index contributed by atoms with van der Waals surface area (Å²) in [5, 5.41) is 2.11. The Bertz CT molecular complexity index is 662. The molecule has 4 heteroatoms. The highest BCUT2D eigenvalue weighted by atomic mass is 79.9. The SMILES string of the molecule is O=C(/C=C/c1cccc(Br)c1)N1CCc2sccc2C1. The first kappa shape index (κ1) is 13.6. The van der Waals surface area contributed by atoms with Gasteiger partial charge in [-0.1, -0.05) is 28.1 Å². The van der Waals surface area contributed by atoms with Gasteiger partial charge in [-0.3, -0.25) is 4.79 Å². The molecule has 0 fully saturated rings. The van der Waals surface area contributed by atoms with Crippen molar-refractivity contribution in [3.63, 3.8) is 0 Å². The van der Waals surface area contributed by atoms with Crippen molar-refractivity contribution in [3.05, 3.63) is 62.3 Å². The van der Waals surface area contributed by atoms with Crippen LogP contribution in [0.1, 0.15) is 16.0 Å². The van der Waals surface area contributed by atoms with Crippen molar-refractivity contribution in [1.82, 2.24) is 4.90 Å². The quantitative estimate of drug-likeness (QED) is 0.748. The summed E-state index contributed by atoms with van der Waals surface area (Å²) in [5.74, 6) is 0.0850. The zero-order chi connectivity index (χ0) is 13.9. The van der Waals surface area contributed by atoms with Crippen LogP contribution in [0.3, 0.4) is 0 Å². The van der Waals surface area contributed by atoms with Gasteiger partial charge in [0.05, 0.1) is 0 Å². The first-order valence-corrected chi connectivity index (χ1v) is 8.17. The second kappa shape index (κ2) is 5.94. The van der Waals surface area contributed by atoms with E-state index in [0.717, 1.165) is 29.5 Å². The minimum Gasteiger partial charge on any atom is -0.334 e. The van der Waals surface area contributed by atoms with Gasteiger partial charge in [0, 0.05) is 28.5 Å². The molecule has 2 nitrogen and oxygen atoms in total. The van der Waals surface area contributed by atoms with Gasteiger partial charge < -0.3 is 4.90 Å². The second-order valence-electron chi connectivity index (χ2n) is 4.77. The molecule has 1 amide bonds. The number of rotatable bonds is 2. The molecule has 0 atom stereocenters. The third-order valence-electron chi connectivity index (χ3n) is 3.39. The summed E-state index contributed by atoms with van der Waals surface area (Å²) in [4.78, 5) is 15.5. The standard InChI is InChI=1S/C16H14BrNOS/c17-14-3-1-2-12(10-14)4-5-16(19)18-8-6-15-13(11-18)7-9-20-15/h1-5,7,9-10H,6,8,11H2/b5-4+. The normalized spacial score (nSPS) is 14.6. The molecule has 3 rings (SSSR count). The molecule has 0 radical (unpaired) electrons. The molecule has 1 aliphatic rings. The van der Waals surface area contributed by atoms with Crippen molar-refractivity contribution in [2.75, 3.05) is 6.54 Å². The van der Waals surface area contributed by atoms with Gasteiger partial charge in [0.1, 0.15) is 0 Å². The van der Waals surface area contributed by atoms with Crippen LogP contribution in [0.5, 0.6) is 0 Å². The number of halogens is 1. The summed E-state index contributed by atoms with van der Waals surface area (Å²) in [6.45, 7) is 1.55. The van der Waals surface area contributed by atoms with Crippen molar-refractivity contribution in [2.24, 2.45) is 0 Å². The summed E-state index contributed by atoms with van der Waals surface area (Å²) in [7, 11) is 0. The van der Waals surface area contributed by atoms with E-state index >= 15 is 0 Å². The highest BCUT2D eigenvalue weighted by molar-refractivity contribution is 9.10. The van der Waals surface area contributed by atoms with Crippen molar-refractivity contribution in [2.45, 2.75) is 13.0 Å². The number of hydrogen-bond donors (Lipinski definition) is 0. The van der Waals surface area contributed by atoms with E-state index in [2.05, 4.69) is 27.4 Å². The average molecular weight is 348 g/mol. The molecule has 1 aromatic carbocycles. The number of amides is 1. The molecule has 0 bridgehead atoms. The molecule has 1 aliphatic heterocycles. The first-order chi connectivity index (χ1) is 9.72. The smallest absolute Gasteiger partial charge is 0.246 e. The molecule has 20 heavy (non-hydrogen) atoms. The highest BCUT2D eigenvalue weighted by Crippen LogP contribution is 2.24. The fraction of sp³-hybridized carbons (Fsp3) is 0.188. The van der Waals surface area contributed by atoms with E-state index in [1.54, 1.807) is 17.4 Å². The lowest BCUT2D eigenvalue weighted by molar-refractivity contribution is -0.126. The van der Waals surface area contributed by atoms with E-state index in [1.165, 1.54) is 10.4 Å². The molecular weight excluding hydrogens is 334 g/mol. The zero-order valence-electron chi connectivity index (χ0n) is 10.9. The topological polar surface area (TPSA) is 20.3 Å². The van der Waals surface area contributed by atoms with Crippen LogP contribution in [-0.2, 0) is 17.8 Å². The lowest BCUT2D eigenvalue weighted by Crippen LogP contribution is -2.34. The Morgan fingerprint density at radius 3 is 3.10 bits per heavy atom. The molecule has 0 unspecified atom stereocenters. The Hall–Kier alpha value is -1.39. The Morgan fingerprint density at radius 1 is 1.35 bits per heavy atom. The summed E-state index contributed by atoms with van der Waals surface area (Å²) < 4.78 is 1.02. The molecule has 2 heterocycles. The lowest BCUT2D eigenvalue weighted by atomic mass is 10.1. The van der Waals surface area contributed by atoms with E-state index in [4.69, 9.17) is 0 Å². The van der Waals surface area contributed by atoms with Crippen LogP contribution in [-0.4, -0.2) is 17.4 Å². The Morgan fingerprint density at radius 2 is 2.25 bits per heavy atom. The van der Waals surface area contributed by atoms with E-state index in [0.29, 0.717) is 0 Å². The Kier molecular flexibility index (Phi) is 4.03. The number of nitrogens with zero attached hydrogens (tertiary/aromatic N) is 1. The van der Waals surface area contributed by atoms with Gasteiger partial charge in [-0.2, -0.15) is 0 Å². The molecule has 0 saturated heterocycles. The summed E-state index contributed by atoms with van der Waals surface area (Å²) >= 11 is 5.22. The van der Waals surface area contributed by atoms with Gasteiger partial charge in [0.2, 0.25) is 5.91 Å². The summed E-state index contributed by atoms with van der Waals surface area (Å²) in [6, 6.07) is 10.0. The third-order valence-corrected chi connectivity index (χ3v) is 4.90. The van der Waals surface area contributed by atoms with Crippen LogP contribution < -0.4 is 0 Å². The monoisotopic (exact) mass is 347 g/mol. The highest BCUT2D eigenvalue weighted by Gasteiger charge is 2.19. The molecule has 2 aromatic rings. The number of thiophene rings is 1. The Labute approximate surface area is 130 Å². The van der Waals surface area contributed by atoms with E-state index < -0.39 is 0 Å². The van der Waals surface area contributed by atoms with Gasteiger partial charge >= 0.3 is 0 Å². The zero-order valence-corrected chi connectivity index (χ0v) is 13.3. The van der Waals surface area contributed by atoms with E-state index in [1.807, 2.05) is 35.2 Å². The minimum absolute atomic E-state index is 0.0850. The maximum absolute atomic E-state index is 12.2. The van der Waals surface area contributed by atoms with Gasteiger partial charge in [-0.15, -0.1) is 11.3 Å². The number of carbonyl (C=O) groups is 1. The summed E-state index contributed by atoms with van der Waals surface area (Å²) in [6.07, 6.45) is 4.51. The first-order valence-electron chi connectivity index (χ1n) is 6.50. The van der Waals surface area contributed by atoms with Crippen molar-refractivity contribution >= 4 is 39.2 Å². The van der Waals surface area contributed by atoms with Crippen LogP contribution in [0.25, 0.3) is 6.08 Å². The predicted octanol–water partition coefficient (Wildman–Crippen LogP) is 4.11. The van der Waals surface area contributed by atoms with Gasteiger partial charge in [0.25, 0.3) is 0 Å². The van der Waals surface area contributed by atoms with Crippen LogP contribution in [0.15, 0.2) is 46.3 Å². The van der Waals surface area contributed by atoms with Crippen LogP contribution >= 0.6 is 27.3 Å². The fourth-order valence-electron chi connectivity index (χ4n) is 2.32. The molecular formula is C16H14BrNOS. The van der Waals surface area contributed by atoms with Crippen LogP contribution in [0.2, 0.25) is 0 Å². The molecule has 0 N–H and O–H groups in total. The van der Waals surface area contributed by atoms with Crippen LogP contribution in [0, 0.1) is 0 Å². The van der Waals surface area contributed by atoms with Crippen molar-refractivity contribution < 1.29 is 4.79 Å². The molecule has 0 spiro atoms. The van der Waals surface area contributed by atoms with Gasteiger partial charge in [0.15, 0.2) is 0 Å². The minimum atomic E-state index is 0.0850. The number of carbonyl (C=O) groups excluding carboxylic acids is 1. The maximum atomic E-state index is 12.2. The molecule has 1 aromatic heterocycles. The number of hydrogen-bond acceptors (Lipinski definition) is 2. The van der Waals surface area contributed by atoms with Crippen LogP contribution in [0.4, 0.5) is 0 Å². The molecule has 0 aliphatic carbocycles. The summed E-state index contributed by atoms with van der Waals surface area (Å²) in [5.41, 5.74) is 2.33. The Balaban J connectivity index is 1.68. The van der Waals surface area contributed by atoms with E-state index in [-0.39, 0.29) is 5.91 Å². The van der Waals surface area contributed by atoms with Gasteiger partial charge in [-0.25, -0.2) is 0 Å². The molecule has 102 valence electrons. The fourth-order valence-corrected chi connectivity index (χ4v) is 3.63. The second-order valence-corrected chi connectivity index (χ2v) is 6.68.